The number of nitrogens with one attached hydrogen (secondary N) is 1. The van der Waals surface area contributed by atoms with E-state index >= 15 is 0 Å². The van der Waals surface area contributed by atoms with Crippen LogP contribution in [0.3, 0.4) is 0 Å². The smallest absolute Gasteiger partial charge is 0.269 e. The van der Waals surface area contributed by atoms with Gasteiger partial charge in [-0.2, -0.15) is 0 Å². The number of sulfonamides is 1. The van der Waals surface area contributed by atoms with Crippen molar-refractivity contribution >= 4 is 15.7 Å². The average Bonchev–Trinajstić information content (AvgIpc) is 2.65. The highest BCUT2D eigenvalue weighted by atomic mass is 32.2. The predicted molar refractivity (Wildman–Crippen MR) is 98.3 cm³/mol. The highest BCUT2D eigenvalue weighted by molar-refractivity contribution is 7.89. The van der Waals surface area contributed by atoms with Gasteiger partial charge in [-0.1, -0.05) is 24.3 Å². The van der Waals surface area contributed by atoms with Crippen LogP contribution in [0.4, 0.5) is 5.69 Å². The highest BCUT2D eigenvalue weighted by Crippen LogP contribution is 2.18. The van der Waals surface area contributed by atoms with Crippen LogP contribution in [0.2, 0.25) is 0 Å². The molecule has 1 aliphatic rings. The lowest BCUT2D eigenvalue weighted by atomic mass is 10.00. The minimum Gasteiger partial charge on any atom is -0.299 e. The van der Waals surface area contributed by atoms with E-state index in [2.05, 4.69) is 27.8 Å². The molecule has 138 valence electrons. The zero-order valence-corrected chi connectivity index (χ0v) is 15.1. The molecule has 0 saturated heterocycles. The predicted octanol–water partition coefficient (Wildman–Crippen LogP) is 2.32. The number of hydrogen-bond acceptors (Lipinski definition) is 5. The van der Waals surface area contributed by atoms with E-state index in [-0.39, 0.29) is 10.6 Å². The standard InChI is InChI=1S/C18H21N3O4S/c22-21(23)17-6-8-18(9-7-17)26(24,25)19-11-3-12-20-13-10-15-4-1-2-5-16(15)14-20/h1-2,4-9,19H,3,10-14H2. The number of non-ortho nitro benzene ring substituents is 1. The van der Waals surface area contributed by atoms with Crippen LogP contribution in [0.15, 0.2) is 53.4 Å². The summed E-state index contributed by atoms with van der Waals surface area (Å²) in [6.07, 6.45) is 1.72. The maximum absolute atomic E-state index is 12.2. The van der Waals surface area contributed by atoms with Gasteiger partial charge in [0.15, 0.2) is 0 Å². The number of benzene rings is 2. The lowest BCUT2D eigenvalue weighted by molar-refractivity contribution is -0.384. The summed E-state index contributed by atoms with van der Waals surface area (Å²) >= 11 is 0. The lowest BCUT2D eigenvalue weighted by Gasteiger charge is -2.28. The molecule has 0 radical (unpaired) electrons. The molecule has 1 N–H and O–H groups in total. The van der Waals surface area contributed by atoms with Gasteiger partial charge in [-0.3, -0.25) is 15.0 Å². The van der Waals surface area contributed by atoms with Gasteiger partial charge in [0.05, 0.1) is 9.82 Å². The van der Waals surface area contributed by atoms with Crippen molar-refractivity contribution in [3.05, 3.63) is 69.8 Å². The number of nitro groups is 1. The Labute approximate surface area is 152 Å². The van der Waals surface area contributed by atoms with E-state index < -0.39 is 14.9 Å². The summed E-state index contributed by atoms with van der Waals surface area (Å²) in [5, 5.41) is 10.6. The molecular formula is C18H21N3O4S. The Kier molecular flexibility index (Phi) is 5.65. The van der Waals surface area contributed by atoms with Crippen LogP contribution in [0.25, 0.3) is 0 Å². The lowest BCUT2D eigenvalue weighted by Crippen LogP contribution is -2.33. The van der Waals surface area contributed by atoms with Crippen LogP contribution in [0.1, 0.15) is 17.5 Å². The van der Waals surface area contributed by atoms with Gasteiger partial charge in [0, 0.05) is 31.8 Å². The van der Waals surface area contributed by atoms with Gasteiger partial charge in [-0.15, -0.1) is 0 Å². The first kappa shape index (κ1) is 18.5. The van der Waals surface area contributed by atoms with Crippen molar-refractivity contribution in [3.63, 3.8) is 0 Å². The van der Waals surface area contributed by atoms with Crippen molar-refractivity contribution in [2.75, 3.05) is 19.6 Å². The van der Waals surface area contributed by atoms with Crippen molar-refractivity contribution in [3.8, 4) is 0 Å². The third-order valence-electron chi connectivity index (χ3n) is 4.51. The summed E-state index contributed by atoms with van der Waals surface area (Å²) < 4.78 is 27.0. The van der Waals surface area contributed by atoms with Crippen LogP contribution in [-0.2, 0) is 23.0 Å². The van der Waals surface area contributed by atoms with E-state index in [1.54, 1.807) is 0 Å². The summed E-state index contributed by atoms with van der Waals surface area (Å²) in [7, 11) is -3.65. The van der Waals surface area contributed by atoms with Crippen LogP contribution in [0.5, 0.6) is 0 Å². The van der Waals surface area contributed by atoms with E-state index in [0.717, 1.165) is 26.1 Å². The molecule has 0 fully saturated rings. The Morgan fingerprint density at radius 1 is 1.08 bits per heavy atom. The Morgan fingerprint density at radius 3 is 2.46 bits per heavy atom. The molecule has 0 spiro atoms. The van der Waals surface area contributed by atoms with Crippen LogP contribution < -0.4 is 4.72 Å². The Balaban J connectivity index is 1.48. The largest absolute Gasteiger partial charge is 0.299 e. The molecule has 8 heteroatoms. The van der Waals surface area contributed by atoms with Gasteiger partial charge in [0.1, 0.15) is 0 Å². The minimum absolute atomic E-state index is 0.0370. The molecule has 3 rings (SSSR count). The Hall–Kier alpha value is -2.29. The third-order valence-corrected chi connectivity index (χ3v) is 5.99. The molecule has 0 saturated carbocycles. The number of nitrogens with zero attached hydrogens (tertiary/aromatic N) is 2. The van der Waals surface area contributed by atoms with Gasteiger partial charge in [-0.05, 0) is 42.6 Å². The number of rotatable bonds is 7. The highest BCUT2D eigenvalue weighted by Gasteiger charge is 2.17. The molecule has 7 nitrogen and oxygen atoms in total. The van der Waals surface area contributed by atoms with Crippen molar-refractivity contribution < 1.29 is 13.3 Å². The fourth-order valence-electron chi connectivity index (χ4n) is 3.08. The Bertz CT molecular complexity index is 882. The van der Waals surface area contributed by atoms with Crippen LogP contribution in [0, 0.1) is 10.1 Å². The SMILES string of the molecule is O=[N+]([O-])c1ccc(S(=O)(=O)NCCCN2CCc3ccccc3C2)cc1. The van der Waals surface area contributed by atoms with Crippen LogP contribution in [-0.4, -0.2) is 37.9 Å². The van der Waals surface area contributed by atoms with Gasteiger partial charge in [0.2, 0.25) is 10.0 Å². The summed E-state index contributed by atoms with van der Waals surface area (Å²) in [4.78, 5) is 12.4. The summed E-state index contributed by atoms with van der Waals surface area (Å²) in [5.74, 6) is 0. The van der Waals surface area contributed by atoms with E-state index in [1.807, 2.05) is 6.07 Å². The van der Waals surface area contributed by atoms with Gasteiger partial charge >= 0.3 is 0 Å². The second-order valence-electron chi connectivity index (χ2n) is 6.30. The average molecular weight is 375 g/mol. The van der Waals surface area contributed by atoms with E-state index in [9.17, 15) is 18.5 Å². The summed E-state index contributed by atoms with van der Waals surface area (Å²) in [6.45, 7) is 3.02. The molecule has 0 atom stereocenters. The molecule has 0 unspecified atom stereocenters. The number of fused-ring (bicyclic) bond motifs is 1. The zero-order chi connectivity index (χ0) is 18.6. The molecule has 2 aromatic rings. The molecule has 0 bridgehead atoms. The molecule has 0 amide bonds. The molecule has 0 aliphatic carbocycles. The second kappa shape index (κ2) is 7.94. The molecular weight excluding hydrogens is 354 g/mol. The van der Waals surface area contributed by atoms with Crippen LogP contribution >= 0.6 is 0 Å². The van der Waals surface area contributed by atoms with Gasteiger partial charge in [0.25, 0.3) is 5.69 Å². The first-order valence-electron chi connectivity index (χ1n) is 8.49. The molecule has 0 aromatic heterocycles. The van der Waals surface area contributed by atoms with Crippen molar-refractivity contribution in [2.45, 2.75) is 24.3 Å². The van der Waals surface area contributed by atoms with E-state index in [4.69, 9.17) is 0 Å². The summed E-state index contributed by atoms with van der Waals surface area (Å²) in [5.41, 5.74) is 2.60. The topological polar surface area (TPSA) is 92.5 Å². The normalized spacial score (nSPS) is 14.8. The number of nitro benzene ring substituents is 1. The van der Waals surface area contributed by atoms with Crippen molar-refractivity contribution in [2.24, 2.45) is 0 Å². The fourth-order valence-corrected chi connectivity index (χ4v) is 4.16. The van der Waals surface area contributed by atoms with Crippen molar-refractivity contribution in [1.82, 2.24) is 9.62 Å². The third kappa shape index (κ3) is 4.46. The second-order valence-corrected chi connectivity index (χ2v) is 8.06. The fraction of sp³-hybridized carbons (Fsp3) is 0.333. The minimum atomic E-state index is -3.65. The first-order valence-corrected chi connectivity index (χ1v) is 9.97. The summed E-state index contributed by atoms with van der Waals surface area (Å²) in [6, 6.07) is 13.3. The number of hydrogen-bond donors (Lipinski definition) is 1. The molecule has 1 heterocycles. The molecule has 2 aromatic carbocycles. The van der Waals surface area contributed by atoms with E-state index in [1.165, 1.54) is 35.4 Å². The maximum Gasteiger partial charge on any atom is 0.269 e. The first-order chi connectivity index (χ1) is 12.5. The van der Waals surface area contributed by atoms with Gasteiger partial charge < -0.3 is 0 Å². The van der Waals surface area contributed by atoms with E-state index in [0.29, 0.717) is 13.0 Å². The monoisotopic (exact) mass is 375 g/mol. The zero-order valence-electron chi connectivity index (χ0n) is 14.3. The van der Waals surface area contributed by atoms with Crippen molar-refractivity contribution in [1.29, 1.82) is 0 Å². The molecule has 26 heavy (non-hydrogen) atoms. The van der Waals surface area contributed by atoms with Gasteiger partial charge in [-0.25, -0.2) is 13.1 Å². The quantitative estimate of drug-likeness (QED) is 0.455. The maximum atomic E-state index is 12.2. The Morgan fingerprint density at radius 2 is 1.77 bits per heavy atom. The molecule has 1 aliphatic heterocycles.